The minimum absolute atomic E-state index is 0.155. The molecule has 0 amide bonds. The molecule has 0 aliphatic rings. The monoisotopic (exact) mass is 583 g/mol. The van der Waals surface area contributed by atoms with Crippen LogP contribution in [0.15, 0.2) is 10.3 Å². The fourth-order valence-electron chi connectivity index (χ4n) is 4.58. The second-order valence-corrected chi connectivity index (χ2v) is 12.5. The van der Waals surface area contributed by atoms with Crippen molar-refractivity contribution in [2.24, 2.45) is 21.6 Å². The summed E-state index contributed by atoms with van der Waals surface area (Å²) in [4.78, 5) is 24.6. The Hall–Kier alpha value is -1.84. The molecule has 1 unspecified atom stereocenters. The molecule has 0 fully saturated rings. The van der Waals surface area contributed by atoms with E-state index in [1.165, 1.54) is 0 Å². The molecule has 9 nitrogen and oxygen atoms in total. The predicted molar refractivity (Wildman–Crippen MR) is 166 cm³/mol. The van der Waals surface area contributed by atoms with Gasteiger partial charge in [-0.2, -0.15) is 0 Å². The Morgan fingerprint density at radius 3 is 1.85 bits per heavy atom. The zero-order valence-corrected chi connectivity index (χ0v) is 27.2. The highest BCUT2D eigenvalue weighted by molar-refractivity contribution is 5.90. The first-order valence-corrected chi connectivity index (χ1v) is 15.7. The molecular weight excluding hydrogens is 522 g/mol. The molecule has 0 spiro atoms. The molecule has 0 aliphatic carbocycles. The fraction of sp³-hybridized carbons (Fsp3) is 0.875. The van der Waals surface area contributed by atoms with Gasteiger partial charge in [0.2, 0.25) is 0 Å². The van der Waals surface area contributed by atoms with Crippen LogP contribution >= 0.6 is 0 Å². The number of Topliss-reactive ketones (excluding diaryl/α,β-unsaturated/α-hetero) is 2. The number of nitrogens with zero attached hydrogens (tertiary/aromatic N) is 2. The summed E-state index contributed by atoms with van der Waals surface area (Å²) >= 11 is 0. The van der Waals surface area contributed by atoms with Crippen LogP contribution in [0.25, 0.3) is 0 Å². The van der Waals surface area contributed by atoms with E-state index in [1.54, 1.807) is 6.92 Å². The molecule has 0 aromatic carbocycles. The standard InChI is InChI=1S/C32H61N3O6/c1-8-22-40-24-25-41-23-12-18-30(37)17-10-16-29(36)15-9-13-28(14-11-20-31(4,5)26(2)34-38)19-21-33-32(6,7)27(3)35-39/h28,33,38-39H,8-25H2,1-7H3/b34-26-,35-27-. The molecule has 0 aromatic heterocycles. The second kappa shape index (κ2) is 22.7. The number of oxime groups is 2. The average molecular weight is 584 g/mol. The van der Waals surface area contributed by atoms with Crippen LogP contribution in [0, 0.1) is 11.3 Å². The van der Waals surface area contributed by atoms with Crippen LogP contribution in [0.5, 0.6) is 0 Å². The predicted octanol–water partition coefficient (Wildman–Crippen LogP) is 6.96. The van der Waals surface area contributed by atoms with Gasteiger partial charge >= 0.3 is 0 Å². The van der Waals surface area contributed by atoms with Gasteiger partial charge in [0.15, 0.2) is 0 Å². The highest BCUT2D eigenvalue weighted by Gasteiger charge is 2.24. The largest absolute Gasteiger partial charge is 0.411 e. The van der Waals surface area contributed by atoms with E-state index in [2.05, 4.69) is 36.4 Å². The van der Waals surface area contributed by atoms with Crippen LogP contribution in [-0.4, -0.2) is 71.9 Å². The van der Waals surface area contributed by atoms with E-state index in [-0.39, 0.29) is 22.5 Å². The molecule has 1 atom stereocenters. The third-order valence-corrected chi connectivity index (χ3v) is 8.16. The van der Waals surface area contributed by atoms with Gasteiger partial charge in [0, 0.05) is 44.3 Å². The number of ether oxygens (including phenoxy) is 2. The van der Waals surface area contributed by atoms with Gasteiger partial charge in [-0.25, -0.2) is 0 Å². The molecular formula is C32H61N3O6. The Balaban J connectivity index is 4.43. The molecule has 0 radical (unpaired) electrons. The van der Waals surface area contributed by atoms with Crippen molar-refractivity contribution in [3.63, 3.8) is 0 Å². The van der Waals surface area contributed by atoms with Crippen molar-refractivity contribution in [2.45, 2.75) is 137 Å². The lowest BCUT2D eigenvalue weighted by Gasteiger charge is -2.28. The maximum Gasteiger partial charge on any atom is 0.133 e. The first-order chi connectivity index (χ1) is 19.4. The summed E-state index contributed by atoms with van der Waals surface area (Å²) in [6.07, 6.45) is 10.1. The minimum atomic E-state index is -0.389. The van der Waals surface area contributed by atoms with Gasteiger partial charge in [0.25, 0.3) is 0 Å². The Kier molecular flexibility index (Phi) is 21.7. The van der Waals surface area contributed by atoms with Crippen molar-refractivity contribution >= 4 is 23.0 Å². The average Bonchev–Trinajstić information content (AvgIpc) is 2.92. The lowest BCUT2D eigenvalue weighted by Crippen LogP contribution is -2.46. The number of nitrogens with one attached hydrogen (secondary N) is 1. The van der Waals surface area contributed by atoms with Gasteiger partial charge in [-0.3, -0.25) is 9.59 Å². The maximum absolute atomic E-state index is 12.5. The van der Waals surface area contributed by atoms with Crippen LogP contribution < -0.4 is 5.32 Å². The topological polar surface area (TPSA) is 130 Å². The van der Waals surface area contributed by atoms with Crippen molar-refractivity contribution in [1.82, 2.24) is 5.32 Å². The normalized spacial score (nSPS) is 13.9. The van der Waals surface area contributed by atoms with Gasteiger partial charge < -0.3 is 25.2 Å². The number of rotatable bonds is 27. The first kappa shape index (κ1) is 39.2. The summed E-state index contributed by atoms with van der Waals surface area (Å²) < 4.78 is 10.8. The molecule has 41 heavy (non-hydrogen) atoms. The van der Waals surface area contributed by atoms with E-state index in [0.29, 0.717) is 70.0 Å². The van der Waals surface area contributed by atoms with Gasteiger partial charge in [-0.05, 0) is 85.1 Å². The number of carbonyl (C=O) groups excluding carboxylic acids is 2. The van der Waals surface area contributed by atoms with Gasteiger partial charge in [-0.1, -0.05) is 43.9 Å². The summed E-state index contributed by atoms with van der Waals surface area (Å²) in [6, 6.07) is 0. The van der Waals surface area contributed by atoms with Gasteiger partial charge in [0.05, 0.1) is 30.2 Å². The van der Waals surface area contributed by atoms with Gasteiger partial charge in [0.1, 0.15) is 11.6 Å². The number of ketones is 2. The van der Waals surface area contributed by atoms with Crippen LogP contribution in [-0.2, 0) is 19.1 Å². The van der Waals surface area contributed by atoms with Crippen LogP contribution in [0.3, 0.4) is 0 Å². The highest BCUT2D eigenvalue weighted by Crippen LogP contribution is 2.28. The van der Waals surface area contributed by atoms with Crippen molar-refractivity contribution < 1.29 is 29.5 Å². The quantitative estimate of drug-likeness (QED) is 0.0412. The zero-order chi connectivity index (χ0) is 31.2. The van der Waals surface area contributed by atoms with E-state index >= 15 is 0 Å². The first-order valence-electron chi connectivity index (χ1n) is 15.7. The summed E-state index contributed by atoms with van der Waals surface area (Å²) in [5, 5.41) is 28.6. The van der Waals surface area contributed by atoms with E-state index in [9.17, 15) is 14.8 Å². The Bertz CT molecular complexity index is 743. The van der Waals surface area contributed by atoms with Crippen LogP contribution in [0.2, 0.25) is 0 Å². The smallest absolute Gasteiger partial charge is 0.133 e. The number of hydrogen-bond donors (Lipinski definition) is 3. The third kappa shape index (κ3) is 19.8. The van der Waals surface area contributed by atoms with E-state index < -0.39 is 0 Å². The molecule has 0 aromatic rings. The van der Waals surface area contributed by atoms with Gasteiger partial charge in [-0.15, -0.1) is 0 Å². The summed E-state index contributed by atoms with van der Waals surface area (Å²) in [6.45, 7) is 17.2. The van der Waals surface area contributed by atoms with Crippen LogP contribution in [0.1, 0.15) is 132 Å². The molecule has 0 rings (SSSR count). The highest BCUT2D eigenvalue weighted by atomic mass is 16.5. The number of carbonyl (C=O) groups is 2. The SMILES string of the molecule is CCCOCCOCCCC(=O)CCCC(=O)CCCC(CCCC(C)(C)/C(C)=N\O)CCNC(C)(C)/C(C)=N\O. The Labute approximate surface area is 249 Å². The second-order valence-electron chi connectivity index (χ2n) is 12.5. The van der Waals surface area contributed by atoms with E-state index in [4.69, 9.17) is 14.7 Å². The van der Waals surface area contributed by atoms with Crippen LogP contribution in [0.4, 0.5) is 0 Å². The van der Waals surface area contributed by atoms with Crippen molar-refractivity contribution in [1.29, 1.82) is 0 Å². The molecule has 0 aliphatic heterocycles. The molecule has 240 valence electrons. The summed E-state index contributed by atoms with van der Waals surface area (Å²) in [5.74, 6) is 0.892. The molecule has 0 saturated carbocycles. The van der Waals surface area contributed by atoms with Crippen molar-refractivity contribution in [3.8, 4) is 0 Å². The summed E-state index contributed by atoms with van der Waals surface area (Å²) in [7, 11) is 0. The molecule has 3 N–H and O–H groups in total. The molecule has 0 bridgehead atoms. The van der Waals surface area contributed by atoms with E-state index in [1.807, 2.05) is 20.8 Å². The lowest BCUT2D eigenvalue weighted by atomic mass is 9.81. The molecule has 0 heterocycles. The lowest BCUT2D eigenvalue weighted by molar-refractivity contribution is -0.120. The minimum Gasteiger partial charge on any atom is -0.411 e. The molecule has 0 saturated heterocycles. The fourth-order valence-corrected chi connectivity index (χ4v) is 4.58. The van der Waals surface area contributed by atoms with Crippen molar-refractivity contribution in [2.75, 3.05) is 33.0 Å². The third-order valence-electron chi connectivity index (χ3n) is 8.16. The maximum atomic E-state index is 12.5. The Morgan fingerprint density at radius 2 is 1.27 bits per heavy atom. The zero-order valence-electron chi connectivity index (χ0n) is 27.2. The van der Waals surface area contributed by atoms with E-state index in [0.717, 1.165) is 63.8 Å². The Morgan fingerprint density at radius 1 is 0.732 bits per heavy atom. The summed E-state index contributed by atoms with van der Waals surface area (Å²) in [5.41, 5.74) is 0.832. The molecule has 9 heteroatoms. The van der Waals surface area contributed by atoms with Crippen molar-refractivity contribution in [3.05, 3.63) is 0 Å². The number of hydrogen-bond acceptors (Lipinski definition) is 9.